The van der Waals surface area contributed by atoms with Gasteiger partial charge in [-0.1, -0.05) is 23.2 Å². The Hall–Kier alpha value is -0.110. The molecule has 82 valence electrons. The lowest BCUT2D eigenvalue weighted by Gasteiger charge is -2.10. The Morgan fingerprint density at radius 1 is 1.47 bits per heavy atom. The van der Waals surface area contributed by atoms with Crippen LogP contribution in [0.25, 0.3) is 0 Å². The van der Waals surface area contributed by atoms with Crippen LogP contribution < -0.4 is 0 Å². The molecule has 0 spiro atoms. The first-order valence-electron chi connectivity index (χ1n) is 3.86. The minimum Gasteiger partial charge on any atom is -0.389 e. The molecule has 0 heterocycles. The third-order valence-electron chi connectivity index (χ3n) is 1.80. The van der Waals surface area contributed by atoms with Gasteiger partial charge in [-0.3, -0.25) is 10.1 Å². The molecule has 0 aromatic heterocycles. The molecule has 15 heavy (non-hydrogen) atoms. The molecular formula is C8H6Cl2INO3. The molecule has 7 heteroatoms. The number of hydrogen-bond donors (Lipinski definition) is 1. The molecule has 0 aliphatic carbocycles. The van der Waals surface area contributed by atoms with E-state index in [1.165, 1.54) is 0 Å². The zero-order valence-electron chi connectivity index (χ0n) is 7.28. The van der Waals surface area contributed by atoms with Gasteiger partial charge in [-0.25, -0.2) is 0 Å². The van der Waals surface area contributed by atoms with Crippen molar-refractivity contribution in [1.82, 2.24) is 0 Å². The van der Waals surface area contributed by atoms with Gasteiger partial charge >= 0.3 is 0 Å². The van der Waals surface area contributed by atoms with E-state index in [0.717, 1.165) is 3.57 Å². The van der Waals surface area contributed by atoms with Gasteiger partial charge in [-0.2, -0.15) is 0 Å². The molecule has 1 rings (SSSR count). The smallest absolute Gasteiger partial charge is 0.263 e. The molecule has 1 aromatic carbocycles. The summed E-state index contributed by atoms with van der Waals surface area (Å²) in [5, 5.41) is 19.9. The van der Waals surface area contributed by atoms with Gasteiger partial charge in [0.1, 0.15) is 6.61 Å². The third-order valence-corrected chi connectivity index (χ3v) is 3.05. The minimum atomic E-state index is -1.28. The Balaban J connectivity index is 3.29. The number of rotatable bonds is 3. The summed E-state index contributed by atoms with van der Waals surface area (Å²) >= 11 is 13.7. The van der Waals surface area contributed by atoms with Crippen molar-refractivity contribution in [2.24, 2.45) is 0 Å². The van der Waals surface area contributed by atoms with Gasteiger partial charge in [0.15, 0.2) is 0 Å². The average molecular weight is 362 g/mol. The van der Waals surface area contributed by atoms with Crippen LogP contribution in [0.5, 0.6) is 0 Å². The topological polar surface area (TPSA) is 63.4 Å². The van der Waals surface area contributed by atoms with Crippen molar-refractivity contribution in [3.63, 3.8) is 0 Å². The summed E-state index contributed by atoms with van der Waals surface area (Å²) in [6, 6.07) is 1.85. The number of nitrogens with zero attached hydrogens (tertiary/aromatic N) is 1. The standard InChI is InChI=1S/C8H6Cl2INO3/c9-5-1-4(11)2-6(10)8(5)7(3-13)12(14)15/h1-2,7,13H,3H2. The van der Waals surface area contributed by atoms with E-state index in [0.29, 0.717) is 0 Å². The second kappa shape index (κ2) is 5.29. The van der Waals surface area contributed by atoms with Gasteiger partial charge in [0.25, 0.3) is 6.04 Å². The zero-order valence-corrected chi connectivity index (χ0v) is 11.0. The van der Waals surface area contributed by atoms with Crippen molar-refractivity contribution in [1.29, 1.82) is 0 Å². The normalized spacial score (nSPS) is 12.5. The van der Waals surface area contributed by atoms with E-state index < -0.39 is 17.6 Å². The maximum atomic E-state index is 10.6. The number of benzene rings is 1. The lowest BCUT2D eigenvalue weighted by Crippen LogP contribution is -2.15. The van der Waals surface area contributed by atoms with E-state index >= 15 is 0 Å². The molecule has 1 N–H and O–H groups in total. The fourth-order valence-corrected chi connectivity index (χ4v) is 2.87. The molecule has 0 aliphatic heterocycles. The van der Waals surface area contributed by atoms with Crippen LogP contribution in [-0.4, -0.2) is 16.6 Å². The molecule has 1 atom stereocenters. The highest BCUT2D eigenvalue weighted by atomic mass is 127. The Bertz CT molecular complexity index is 376. The van der Waals surface area contributed by atoms with Gasteiger partial charge < -0.3 is 5.11 Å². The van der Waals surface area contributed by atoms with Crippen LogP contribution >= 0.6 is 45.8 Å². The Morgan fingerprint density at radius 2 is 1.93 bits per heavy atom. The van der Waals surface area contributed by atoms with Crippen LogP contribution in [-0.2, 0) is 0 Å². The highest BCUT2D eigenvalue weighted by Gasteiger charge is 2.27. The van der Waals surface area contributed by atoms with E-state index in [-0.39, 0.29) is 15.6 Å². The lowest BCUT2D eigenvalue weighted by molar-refractivity contribution is -0.532. The summed E-state index contributed by atoms with van der Waals surface area (Å²) in [5.74, 6) is 0. The summed E-state index contributed by atoms with van der Waals surface area (Å²) in [6.07, 6.45) is 0. The van der Waals surface area contributed by atoms with Crippen molar-refractivity contribution >= 4 is 45.8 Å². The van der Waals surface area contributed by atoms with E-state index in [4.69, 9.17) is 28.3 Å². The van der Waals surface area contributed by atoms with Crippen LogP contribution in [0, 0.1) is 13.7 Å². The minimum absolute atomic E-state index is 0.159. The number of halogens is 3. The van der Waals surface area contributed by atoms with Gasteiger partial charge in [0.05, 0.1) is 15.6 Å². The fourth-order valence-electron chi connectivity index (χ4n) is 1.14. The van der Waals surface area contributed by atoms with Crippen LogP contribution in [0.4, 0.5) is 0 Å². The highest BCUT2D eigenvalue weighted by molar-refractivity contribution is 14.1. The molecule has 1 unspecified atom stereocenters. The van der Waals surface area contributed by atoms with Gasteiger partial charge in [0, 0.05) is 8.49 Å². The third kappa shape index (κ3) is 2.93. The van der Waals surface area contributed by atoms with Crippen molar-refractivity contribution in [3.8, 4) is 0 Å². The van der Waals surface area contributed by atoms with E-state index in [9.17, 15) is 10.1 Å². The van der Waals surface area contributed by atoms with Crippen LogP contribution in [0.3, 0.4) is 0 Å². The predicted molar refractivity (Wildman–Crippen MR) is 66.0 cm³/mol. The van der Waals surface area contributed by atoms with E-state index in [1.807, 2.05) is 22.6 Å². The summed E-state index contributed by atoms with van der Waals surface area (Å²) in [5.41, 5.74) is 0.159. The van der Waals surface area contributed by atoms with Crippen LogP contribution in [0.2, 0.25) is 10.0 Å². The highest BCUT2D eigenvalue weighted by Crippen LogP contribution is 2.33. The first-order chi connectivity index (χ1) is 6.97. The number of nitro groups is 1. The second-order valence-corrected chi connectivity index (χ2v) is 4.83. The van der Waals surface area contributed by atoms with Gasteiger partial charge in [-0.05, 0) is 34.7 Å². The number of aliphatic hydroxyl groups excluding tert-OH is 1. The zero-order chi connectivity index (χ0) is 11.6. The van der Waals surface area contributed by atoms with Crippen molar-refractivity contribution in [3.05, 3.63) is 41.4 Å². The van der Waals surface area contributed by atoms with Crippen molar-refractivity contribution < 1.29 is 10.0 Å². The maximum absolute atomic E-state index is 10.6. The van der Waals surface area contributed by atoms with Crippen molar-refractivity contribution in [2.75, 3.05) is 6.61 Å². The van der Waals surface area contributed by atoms with E-state index in [2.05, 4.69) is 0 Å². The molecule has 0 saturated carbocycles. The first kappa shape index (κ1) is 13.0. The molecule has 0 fully saturated rings. The second-order valence-electron chi connectivity index (χ2n) is 2.77. The van der Waals surface area contributed by atoms with E-state index in [1.54, 1.807) is 12.1 Å². The Labute approximate surface area is 109 Å². The molecular weight excluding hydrogens is 356 g/mol. The summed E-state index contributed by atoms with van der Waals surface area (Å²) in [6.45, 7) is -0.632. The van der Waals surface area contributed by atoms with Gasteiger partial charge in [-0.15, -0.1) is 0 Å². The Kier molecular flexibility index (Phi) is 4.57. The summed E-state index contributed by atoms with van der Waals surface area (Å²) in [7, 11) is 0. The van der Waals surface area contributed by atoms with Gasteiger partial charge in [0.2, 0.25) is 0 Å². The molecule has 4 nitrogen and oxygen atoms in total. The molecule has 0 radical (unpaired) electrons. The SMILES string of the molecule is O=[N+]([O-])C(CO)c1c(Cl)cc(I)cc1Cl. The molecule has 0 saturated heterocycles. The molecule has 0 bridgehead atoms. The quantitative estimate of drug-likeness (QED) is 0.511. The number of aliphatic hydroxyl groups is 1. The molecule has 0 aliphatic rings. The first-order valence-corrected chi connectivity index (χ1v) is 5.69. The summed E-state index contributed by atoms with van der Waals surface area (Å²) in [4.78, 5) is 10.0. The fraction of sp³-hybridized carbons (Fsp3) is 0.250. The maximum Gasteiger partial charge on any atom is 0.263 e. The molecule has 1 aromatic rings. The average Bonchev–Trinajstić information content (AvgIpc) is 2.09. The van der Waals surface area contributed by atoms with Crippen molar-refractivity contribution in [2.45, 2.75) is 6.04 Å². The molecule has 0 amide bonds. The lowest BCUT2D eigenvalue weighted by atomic mass is 10.1. The van der Waals surface area contributed by atoms with Crippen LogP contribution in [0.1, 0.15) is 11.6 Å². The largest absolute Gasteiger partial charge is 0.389 e. The Morgan fingerprint density at radius 3 is 2.27 bits per heavy atom. The monoisotopic (exact) mass is 361 g/mol. The van der Waals surface area contributed by atoms with Crippen LogP contribution in [0.15, 0.2) is 12.1 Å². The summed E-state index contributed by atoms with van der Waals surface area (Å²) < 4.78 is 0.784. The predicted octanol–water partition coefficient (Wildman–Crippen LogP) is 2.91. The number of hydrogen-bond acceptors (Lipinski definition) is 3.